The molecule has 3 heteroatoms. The van der Waals surface area contributed by atoms with Crippen LogP contribution in [0.4, 0.5) is 0 Å². The Balaban J connectivity index is 2.41. The van der Waals surface area contributed by atoms with E-state index in [2.05, 4.69) is 30.1 Å². The van der Waals surface area contributed by atoms with E-state index in [-0.39, 0.29) is 5.54 Å². The maximum atomic E-state index is 9.27. The molecule has 92 valence electrons. The third-order valence-corrected chi connectivity index (χ3v) is 3.21. The highest BCUT2D eigenvalue weighted by Crippen LogP contribution is 2.29. The summed E-state index contributed by atoms with van der Waals surface area (Å²) in [7, 11) is 0. The molecule has 0 amide bonds. The molecule has 0 spiro atoms. The first-order valence-electron chi connectivity index (χ1n) is 6.52. The minimum atomic E-state index is -0.388. The van der Waals surface area contributed by atoms with Gasteiger partial charge in [-0.15, -0.1) is 0 Å². The summed E-state index contributed by atoms with van der Waals surface area (Å²) in [6.45, 7) is 10.3. The van der Waals surface area contributed by atoms with E-state index >= 15 is 0 Å². The van der Waals surface area contributed by atoms with Crippen molar-refractivity contribution in [3.05, 3.63) is 0 Å². The van der Waals surface area contributed by atoms with Crippen molar-refractivity contribution in [3.63, 3.8) is 0 Å². The quantitative estimate of drug-likeness (QED) is 0.684. The normalized spacial score (nSPS) is 19.4. The molecule has 0 aliphatic heterocycles. The summed E-state index contributed by atoms with van der Waals surface area (Å²) in [4.78, 5) is 2.41. The van der Waals surface area contributed by atoms with Crippen molar-refractivity contribution in [2.45, 2.75) is 45.6 Å². The van der Waals surface area contributed by atoms with Gasteiger partial charge in [-0.2, -0.15) is 5.26 Å². The van der Waals surface area contributed by atoms with E-state index in [0.29, 0.717) is 0 Å². The summed E-state index contributed by atoms with van der Waals surface area (Å²) >= 11 is 0. The van der Waals surface area contributed by atoms with Crippen LogP contribution in [0.25, 0.3) is 0 Å². The molecule has 1 fully saturated rings. The van der Waals surface area contributed by atoms with Gasteiger partial charge < -0.3 is 4.90 Å². The molecule has 1 N–H and O–H groups in total. The van der Waals surface area contributed by atoms with E-state index < -0.39 is 0 Å². The van der Waals surface area contributed by atoms with E-state index in [1.54, 1.807) is 0 Å². The molecule has 1 aliphatic carbocycles. The lowest BCUT2D eigenvalue weighted by Crippen LogP contribution is -2.51. The first-order valence-corrected chi connectivity index (χ1v) is 6.52. The lowest BCUT2D eigenvalue weighted by molar-refractivity contribution is 0.221. The lowest BCUT2D eigenvalue weighted by atomic mass is 10.0. The van der Waals surface area contributed by atoms with Crippen molar-refractivity contribution in [3.8, 4) is 6.07 Å². The molecule has 1 aliphatic rings. The van der Waals surface area contributed by atoms with Gasteiger partial charge in [0.15, 0.2) is 0 Å². The van der Waals surface area contributed by atoms with Crippen molar-refractivity contribution in [1.82, 2.24) is 10.2 Å². The van der Waals surface area contributed by atoms with Crippen LogP contribution in [0, 0.1) is 17.2 Å². The number of hydrogen-bond donors (Lipinski definition) is 1. The van der Waals surface area contributed by atoms with Crippen LogP contribution in [0.5, 0.6) is 0 Å². The summed E-state index contributed by atoms with van der Waals surface area (Å²) < 4.78 is 0. The van der Waals surface area contributed by atoms with Crippen LogP contribution in [-0.4, -0.2) is 36.6 Å². The Morgan fingerprint density at radius 2 is 2.12 bits per heavy atom. The highest BCUT2D eigenvalue weighted by molar-refractivity contribution is 5.05. The van der Waals surface area contributed by atoms with E-state index in [0.717, 1.165) is 32.0 Å². The van der Waals surface area contributed by atoms with Gasteiger partial charge in [0.2, 0.25) is 0 Å². The monoisotopic (exact) mass is 223 g/mol. The van der Waals surface area contributed by atoms with Crippen LogP contribution in [0.2, 0.25) is 0 Å². The highest BCUT2D eigenvalue weighted by atomic mass is 15.2. The van der Waals surface area contributed by atoms with E-state index in [4.69, 9.17) is 0 Å². The number of nitrogens with one attached hydrogen (secondary N) is 1. The van der Waals surface area contributed by atoms with Crippen LogP contribution >= 0.6 is 0 Å². The van der Waals surface area contributed by atoms with Gasteiger partial charge in [0.05, 0.1) is 6.07 Å². The van der Waals surface area contributed by atoms with Gasteiger partial charge in [-0.3, -0.25) is 5.32 Å². The molecule has 1 saturated carbocycles. The Hall–Kier alpha value is -0.590. The minimum Gasteiger partial charge on any atom is -0.300 e. The molecule has 16 heavy (non-hydrogen) atoms. The third kappa shape index (κ3) is 4.51. The average molecular weight is 223 g/mol. The molecular formula is C13H25N3. The SMILES string of the molecule is CCCNC(C)(C#N)CN(CC)CC1CC1. The molecule has 3 nitrogen and oxygen atoms in total. The van der Waals surface area contributed by atoms with Crippen molar-refractivity contribution < 1.29 is 0 Å². The molecule has 0 aromatic rings. The molecule has 1 atom stereocenters. The van der Waals surface area contributed by atoms with Crippen LogP contribution in [0.3, 0.4) is 0 Å². The maximum Gasteiger partial charge on any atom is 0.116 e. The largest absolute Gasteiger partial charge is 0.300 e. The second-order valence-electron chi connectivity index (χ2n) is 5.14. The molecule has 1 unspecified atom stereocenters. The molecule has 0 bridgehead atoms. The van der Waals surface area contributed by atoms with Crippen molar-refractivity contribution >= 4 is 0 Å². The predicted octanol–water partition coefficient (Wildman–Crippen LogP) is 2.00. The minimum absolute atomic E-state index is 0.388. The fraction of sp³-hybridized carbons (Fsp3) is 0.923. The lowest BCUT2D eigenvalue weighted by Gasteiger charge is -2.30. The second kappa shape index (κ2) is 6.22. The first-order chi connectivity index (χ1) is 7.63. The number of hydrogen-bond acceptors (Lipinski definition) is 3. The number of nitriles is 1. The third-order valence-electron chi connectivity index (χ3n) is 3.21. The van der Waals surface area contributed by atoms with Crippen molar-refractivity contribution in [1.29, 1.82) is 5.26 Å². The Labute approximate surface area is 99.8 Å². The summed E-state index contributed by atoms with van der Waals surface area (Å²) in [5.41, 5.74) is -0.388. The summed E-state index contributed by atoms with van der Waals surface area (Å²) in [5.74, 6) is 0.897. The van der Waals surface area contributed by atoms with Gasteiger partial charge in [-0.1, -0.05) is 13.8 Å². The molecule has 0 radical (unpaired) electrons. The molecular weight excluding hydrogens is 198 g/mol. The zero-order chi connectivity index (χ0) is 12.0. The Morgan fingerprint density at radius 1 is 1.44 bits per heavy atom. The van der Waals surface area contributed by atoms with E-state index in [1.165, 1.54) is 19.4 Å². The average Bonchev–Trinajstić information content (AvgIpc) is 3.09. The highest BCUT2D eigenvalue weighted by Gasteiger charge is 2.29. The maximum absolute atomic E-state index is 9.27. The fourth-order valence-electron chi connectivity index (χ4n) is 1.95. The van der Waals surface area contributed by atoms with Crippen LogP contribution in [0.15, 0.2) is 0 Å². The van der Waals surface area contributed by atoms with Gasteiger partial charge >= 0.3 is 0 Å². The predicted molar refractivity (Wildman–Crippen MR) is 67.1 cm³/mol. The summed E-state index contributed by atoms with van der Waals surface area (Å²) in [6.07, 6.45) is 3.83. The molecule has 1 rings (SSSR count). The molecule has 0 heterocycles. The number of nitrogens with zero attached hydrogens (tertiary/aromatic N) is 2. The second-order valence-corrected chi connectivity index (χ2v) is 5.14. The smallest absolute Gasteiger partial charge is 0.116 e. The Bertz CT molecular complexity index is 242. The van der Waals surface area contributed by atoms with Gasteiger partial charge in [-0.05, 0) is 45.2 Å². The summed E-state index contributed by atoms with van der Waals surface area (Å²) in [6, 6.07) is 2.42. The van der Waals surface area contributed by atoms with Gasteiger partial charge in [-0.25, -0.2) is 0 Å². The van der Waals surface area contributed by atoms with Gasteiger partial charge in [0, 0.05) is 13.1 Å². The Morgan fingerprint density at radius 3 is 2.56 bits per heavy atom. The van der Waals surface area contributed by atoms with Crippen molar-refractivity contribution in [2.24, 2.45) is 5.92 Å². The summed E-state index contributed by atoms with van der Waals surface area (Å²) in [5, 5.41) is 12.6. The fourth-order valence-corrected chi connectivity index (χ4v) is 1.95. The van der Waals surface area contributed by atoms with Gasteiger partial charge in [0.1, 0.15) is 5.54 Å². The van der Waals surface area contributed by atoms with Crippen LogP contribution < -0.4 is 5.32 Å². The topological polar surface area (TPSA) is 39.1 Å². The van der Waals surface area contributed by atoms with E-state index in [9.17, 15) is 5.26 Å². The van der Waals surface area contributed by atoms with Crippen LogP contribution in [-0.2, 0) is 0 Å². The Kier molecular flexibility index (Phi) is 5.24. The van der Waals surface area contributed by atoms with Crippen molar-refractivity contribution in [2.75, 3.05) is 26.2 Å². The zero-order valence-electron chi connectivity index (χ0n) is 10.9. The molecule has 0 aromatic heterocycles. The zero-order valence-corrected chi connectivity index (χ0v) is 10.9. The number of likely N-dealkylation sites (N-methyl/N-ethyl adjacent to an activating group) is 1. The molecule has 0 aromatic carbocycles. The van der Waals surface area contributed by atoms with Crippen LogP contribution in [0.1, 0.15) is 40.0 Å². The number of rotatable bonds is 8. The molecule has 0 saturated heterocycles. The van der Waals surface area contributed by atoms with Gasteiger partial charge in [0.25, 0.3) is 0 Å². The van der Waals surface area contributed by atoms with E-state index in [1.807, 2.05) is 6.92 Å². The first kappa shape index (κ1) is 13.5. The standard InChI is InChI=1S/C13H25N3/c1-4-8-15-13(3,10-14)11-16(5-2)9-12-6-7-12/h12,15H,4-9,11H2,1-3H3.